The van der Waals surface area contributed by atoms with Crippen molar-refractivity contribution in [3.8, 4) is 17.2 Å². The van der Waals surface area contributed by atoms with Gasteiger partial charge in [0, 0.05) is 49.6 Å². The summed E-state index contributed by atoms with van der Waals surface area (Å²) in [5, 5.41) is 4.12. The van der Waals surface area contributed by atoms with Crippen LogP contribution >= 0.6 is 12.2 Å². The Balaban J connectivity index is 1.67. The number of ether oxygens (including phenoxy) is 2. The van der Waals surface area contributed by atoms with E-state index in [2.05, 4.69) is 67.3 Å². The number of nitrogens with zero attached hydrogens (tertiary/aromatic N) is 4. The van der Waals surface area contributed by atoms with E-state index in [9.17, 15) is 0 Å². The highest BCUT2D eigenvalue weighted by Crippen LogP contribution is 2.46. The van der Waals surface area contributed by atoms with Gasteiger partial charge >= 0.3 is 0 Å². The van der Waals surface area contributed by atoms with Gasteiger partial charge in [0.15, 0.2) is 5.11 Å². The lowest BCUT2D eigenvalue weighted by Gasteiger charge is -2.30. The second kappa shape index (κ2) is 9.91. The summed E-state index contributed by atoms with van der Waals surface area (Å²) in [6.45, 7) is 0. The molecule has 5 rings (SSSR count). The number of nitrogens with one attached hydrogen (secondary N) is 1. The molecule has 2 unspecified atom stereocenters. The molecule has 3 heterocycles. The first-order chi connectivity index (χ1) is 17.5. The molecule has 7 nitrogen and oxygen atoms in total. The van der Waals surface area contributed by atoms with Crippen LogP contribution < -0.4 is 24.6 Å². The Morgan fingerprint density at radius 1 is 0.944 bits per heavy atom. The lowest BCUT2D eigenvalue weighted by molar-refractivity contribution is 0.402. The first-order valence-electron chi connectivity index (χ1n) is 11.7. The van der Waals surface area contributed by atoms with E-state index in [1.165, 1.54) is 0 Å². The number of pyridine rings is 1. The molecule has 2 atom stereocenters. The van der Waals surface area contributed by atoms with Crippen molar-refractivity contribution < 1.29 is 9.47 Å². The van der Waals surface area contributed by atoms with E-state index in [-0.39, 0.29) is 12.1 Å². The van der Waals surface area contributed by atoms with E-state index in [0.29, 0.717) is 10.9 Å². The molecule has 0 saturated carbocycles. The summed E-state index contributed by atoms with van der Waals surface area (Å²) in [5.41, 5.74) is 5.01. The van der Waals surface area contributed by atoms with Gasteiger partial charge in [0.05, 0.1) is 31.6 Å². The molecule has 4 aromatic rings. The van der Waals surface area contributed by atoms with E-state index in [1.54, 1.807) is 14.2 Å². The van der Waals surface area contributed by atoms with Crippen molar-refractivity contribution in [2.45, 2.75) is 12.1 Å². The molecular formula is C28H29N5O2S. The standard InChI is InChI=1S/C28H29N5O2S/c1-31(2)19-10-12-20(13-11-19)32-17-7-9-23(32)27-26(22-8-5-6-16-29-22)30-28(36)33(27)24-18-21(34-3)14-15-25(24)35-4/h5-18,26-27H,1-4H3,(H,30,36). The van der Waals surface area contributed by atoms with Crippen LogP contribution in [0.1, 0.15) is 23.5 Å². The molecule has 1 aliphatic heterocycles. The number of anilines is 2. The van der Waals surface area contributed by atoms with Crippen molar-refractivity contribution >= 4 is 28.7 Å². The number of hydrogen-bond donors (Lipinski definition) is 1. The lowest BCUT2D eigenvalue weighted by atomic mass is 10.0. The summed E-state index contributed by atoms with van der Waals surface area (Å²) in [6, 6.07) is 24.0. The van der Waals surface area contributed by atoms with Crippen LogP contribution in [-0.4, -0.2) is 43.0 Å². The van der Waals surface area contributed by atoms with Crippen LogP contribution in [0.5, 0.6) is 11.5 Å². The van der Waals surface area contributed by atoms with E-state index in [4.69, 9.17) is 21.7 Å². The second-order valence-corrected chi connectivity index (χ2v) is 9.13. The molecule has 2 aromatic carbocycles. The maximum atomic E-state index is 5.92. The topological polar surface area (TPSA) is 54.8 Å². The van der Waals surface area contributed by atoms with Crippen molar-refractivity contribution in [3.63, 3.8) is 0 Å². The van der Waals surface area contributed by atoms with Crippen molar-refractivity contribution in [2.75, 3.05) is 38.1 Å². The van der Waals surface area contributed by atoms with E-state index in [0.717, 1.165) is 34.2 Å². The lowest BCUT2D eigenvalue weighted by Crippen LogP contribution is -2.30. The van der Waals surface area contributed by atoms with Gasteiger partial charge < -0.3 is 29.2 Å². The quantitative estimate of drug-likeness (QED) is 0.354. The van der Waals surface area contributed by atoms with Crippen molar-refractivity contribution in [1.29, 1.82) is 0 Å². The molecule has 1 aliphatic rings. The number of benzene rings is 2. The zero-order valence-corrected chi connectivity index (χ0v) is 21.6. The third-order valence-electron chi connectivity index (χ3n) is 6.47. The molecule has 1 fully saturated rings. The van der Waals surface area contributed by atoms with Gasteiger partial charge in [-0.2, -0.15) is 0 Å². The molecule has 0 aliphatic carbocycles. The molecule has 1 saturated heterocycles. The summed E-state index contributed by atoms with van der Waals surface area (Å²) >= 11 is 5.92. The Kier molecular flexibility index (Phi) is 6.52. The largest absolute Gasteiger partial charge is 0.497 e. The highest BCUT2D eigenvalue weighted by molar-refractivity contribution is 7.80. The van der Waals surface area contributed by atoms with Gasteiger partial charge in [-0.1, -0.05) is 6.07 Å². The minimum Gasteiger partial charge on any atom is -0.497 e. The first kappa shape index (κ1) is 23.7. The number of rotatable bonds is 7. The van der Waals surface area contributed by atoms with E-state index in [1.807, 2.05) is 56.7 Å². The molecule has 36 heavy (non-hydrogen) atoms. The van der Waals surface area contributed by atoms with E-state index >= 15 is 0 Å². The number of methoxy groups -OCH3 is 2. The molecule has 2 aromatic heterocycles. The van der Waals surface area contributed by atoms with Crippen LogP contribution in [0.3, 0.4) is 0 Å². The molecule has 0 spiro atoms. The number of thiocarbonyl (C=S) groups is 1. The normalized spacial score (nSPS) is 17.1. The van der Waals surface area contributed by atoms with Crippen LogP contribution in [-0.2, 0) is 0 Å². The Bertz CT molecular complexity index is 1350. The average Bonchev–Trinajstić information content (AvgIpc) is 3.53. The molecule has 0 amide bonds. The third kappa shape index (κ3) is 4.24. The molecule has 0 radical (unpaired) electrons. The van der Waals surface area contributed by atoms with Gasteiger partial charge in [0.25, 0.3) is 0 Å². The summed E-state index contributed by atoms with van der Waals surface area (Å²) in [4.78, 5) is 8.87. The first-order valence-corrected chi connectivity index (χ1v) is 12.1. The minimum atomic E-state index is -0.197. The molecule has 184 valence electrons. The van der Waals surface area contributed by atoms with Crippen LogP contribution in [0, 0.1) is 0 Å². The Hall–Kier alpha value is -4.04. The zero-order valence-electron chi connectivity index (χ0n) is 20.8. The van der Waals surface area contributed by atoms with Crippen LogP contribution in [0.4, 0.5) is 11.4 Å². The van der Waals surface area contributed by atoms with Gasteiger partial charge in [-0.3, -0.25) is 4.98 Å². The molecule has 0 bridgehead atoms. The predicted molar refractivity (Wildman–Crippen MR) is 148 cm³/mol. The molecule has 8 heteroatoms. The fourth-order valence-corrected chi connectivity index (χ4v) is 5.02. The van der Waals surface area contributed by atoms with Crippen molar-refractivity contribution in [3.05, 3.63) is 96.6 Å². The van der Waals surface area contributed by atoms with Gasteiger partial charge in [0.1, 0.15) is 17.5 Å². The predicted octanol–water partition coefficient (Wildman–Crippen LogP) is 5.13. The Morgan fingerprint density at radius 3 is 2.42 bits per heavy atom. The highest BCUT2D eigenvalue weighted by atomic mass is 32.1. The third-order valence-corrected chi connectivity index (χ3v) is 6.79. The van der Waals surface area contributed by atoms with Gasteiger partial charge in [-0.05, 0) is 72.9 Å². The SMILES string of the molecule is COc1ccc(OC)c(N2C(=S)NC(c3ccccn3)C2c2cccn2-c2ccc(N(C)C)cc2)c1. The number of hydrogen-bond acceptors (Lipinski definition) is 5. The summed E-state index contributed by atoms with van der Waals surface area (Å²) in [7, 11) is 7.40. The minimum absolute atomic E-state index is 0.177. The van der Waals surface area contributed by atoms with Crippen LogP contribution in [0.15, 0.2) is 85.2 Å². The maximum absolute atomic E-state index is 5.92. The summed E-state index contributed by atoms with van der Waals surface area (Å²) in [6.07, 6.45) is 3.89. The zero-order chi connectivity index (χ0) is 25.2. The van der Waals surface area contributed by atoms with Crippen LogP contribution in [0.25, 0.3) is 5.69 Å². The van der Waals surface area contributed by atoms with Gasteiger partial charge in [-0.25, -0.2) is 0 Å². The Morgan fingerprint density at radius 2 is 1.75 bits per heavy atom. The molecule has 1 N–H and O–H groups in total. The van der Waals surface area contributed by atoms with E-state index < -0.39 is 0 Å². The fourth-order valence-electron chi connectivity index (χ4n) is 4.68. The molecular weight excluding hydrogens is 470 g/mol. The smallest absolute Gasteiger partial charge is 0.174 e. The fraction of sp³-hybridized carbons (Fsp3) is 0.214. The van der Waals surface area contributed by atoms with Gasteiger partial charge in [0.2, 0.25) is 0 Å². The number of aromatic nitrogens is 2. The van der Waals surface area contributed by atoms with Crippen molar-refractivity contribution in [2.24, 2.45) is 0 Å². The Labute approximate surface area is 216 Å². The summed E-state index contributed by atoms with van der Waals surface area (Å²) in [5.74, 6) is 1.43. The van der Waals surface area contributed by atoms with Crippen LogP contribution in [0.2, 0.25) is 0 Å². The summed E-state index contributed by atoms with van der Waals surface area (Å²) < 4.78 is 13.5. The highest BCUT2D eigenvalue weighted by Gasteiger charge is 2.43. The second-order valence-electron chi connectivity index (χ2n) is 8.75. The average molecular weight is 500 g/mol. The monoisotopic (exact) mass is 499 g/mol. The van der Waals surface area contributed by atoms with Gasteiger partial charge in [-0.15, -0.1) is 0 Å². The maximum Gasteiger partial charge on any atom is 0.174 e. The van der Waals surface area contributed by atoms with Crippen molar-refractivity contribution in [1.82, 2.24) is 14.9 Å².